The van der Waals surface area contributed by atoms with E-state index in [4.69, 9.17) is 11.6 Å². The number of carbonyl (C=O) groups excluding carboxylic acids is 1. The lowest BCUT2D eigenvalue weighted by Gasteiger charge is -2.32. The third kappa shape index (κ3) is 3.95. The Morgan fingerprint density at radius 1 is 1.42 bits per heavy atom. The van der Waals surface area contributed by atoms with Gasteiger partial charge in [-0.05, 0) is 50.4 Å². The lowest BCUT2D eigenvalue weighted by molar-refractivity contribution is -0.131. The summed E-state index contributed by atoms with van der Waals surface area (Å²) in [4.78, 5) is 12.2. The Kier molecular flexibility index (Phi) is 4.83. The number of benzene rings is 1. The number of piperidine rings is 1. The van der Waals surface area contributed by atoms with E-state index in [9.17, 15) is 4.79 Å². The number of rotatable bonds is 4. The average Bonchev–Trinajstić information content (AvgIpc) is 2.42. The van der Waals surface area contributed by atoms with Crippen LogP contribution in [0.1, 0.15) is 25.3 Å². The number of nitrogens with one attached hydrogen (secondary N) is 2. The molecule has 0 spiro atoms. The van der Waals surface area contributed by atoms with Crippen LogP contribution in [0.5, 0.6) is 0 Å². The lowest BCUT2D eigenvalue weighted by atomic mass is 9.82. The van der Waals surface area contributed by atoms with Crippen molar-refractivity contribution in [1.82, 2.24) is 10.6 Å². The molecule has 1 saturated heterocycles. The topological polar surface area (TPSA) is 41.1 Å². The maximum atomic E-state index is 12.2. The second-order valence-electron chi connectivity index (χ2n) is 5.47. The van der Waals surface area contributed by atoms with E-state index in [0.717, 1.165) is 37.4 Å². The fourth-order valence-electron chi connectivity index (χ4n) is 2.43. The first kappa shape index (κ1) is 14.4. The summed E-state index contributed by atoms with van der Waals surface area (Å²) in [6.07, 6.45) is 2.88. The van der Waals surface area contributed by atoms with Crippen LogP contribution in [-0.2, 0) is 11.2 Å². The molecule has 1 unspecified atom stereocenters. The SMILES string of the molecule is CC1(C(=O)NCCc2ccc(Cl)cc2)CCCNC1. The van der Waals surface area contributed by atoms with Crippen molar-refractivity contribution in [2.45, 2.75) is 26.2 Å². The first-order valence-corrected chi connectivity index (χ1v) is 7.21. The predicted molar refractivity (Wildman–Crippen MR) is 78.4 cm³/mol. The number of carbonyl (C=O) groups is 1. The molecule has 1 heterocycles. The summed E-state index contributed by atoms with van der Waals surface area (Å²) in [7, 11) is 0. The molecule has 3 nitrogen and oxygen atoms in total. The molecule has 1 aliphatic heterocycles. The molecule has 0 aromatic heterocycles. The summed E-state index contributed by atoms with van der Waals surface area (Å²) in [5.41, 5.74) is 0.940. The van der Waals surface area contributed by atoms with Gasteiger partial charge in [0.2, 0.25) is 5.91 Å². The van der Waals surface area contributed by atoms with Gasteiger partial charge in [-0.1, -0.05) is 23.7 Å². The second-order valence-corrected chi connectivity index (χ2v) is 5.91. The molecular formula is C15H21ClN2O. The van der Waals surface area contributed by atoms with E-state index in [-0.39, 0.29) is 11.3 Å². The van der Waals surface area contributed by atoms with Gasteiger partial charge in [0.15, 0.2) is 0 Å². The summed E-state index contributed by atoms with van der Waals surface area (Å²) in [6, 6.07) is 7.76. The molecule has 0 radical (unpaired) electrons. The molecule has 1 atom stereocenters. The van der Waals surface area contributed by atoms with E-state index in [2.05, 4.69) is 10.6 Å². The van der Waals surface area contributed by atoms with Crippen LogP contribution in [0.3, 0.4) is 0 Å². The Morgan fingerprint density at radius 2 is 2.16 bits per heavy atom. The van der Waals surface area contributed by atoms with Gasteiger partial charge in [-0.3, -0.25) is 4.79 Å². The van der Waals surface area contributed by atoms with E-state index in [1.807, 2.05) is 31.2 Å². The van der Waals surface area contributed by atoms with E-state index in [0.29, 0.717) is 6.54 Å². The Labute approximate surface area is 119 Å². The zero-order valence-corrected chi connectivity index (χ0v) is 12.1. The van der Waals surface area contributed by atoms with Gasteiger partial charge < -0.3 is 10.6 Å². The predicted octanol–water partition coefficient (Wildman–Crippen LogP) is 2.39. The third-order valence-electron chi connectivity index (χ3n) is 3.76. The Balaban J connectivity index is 1.78. The van der Waals surface area contributed by atoms with Crippen molar-refractivity contribution in [3.8, 4) is 0 Å². The molecule has 1 fully saturated rings. The molecule has 0 aliphatic carbocycles. The monoisotopic (exact) mass is 280 g/mol. The summed E-state index contributed by atoms with van der Waals surface area (Å²) in [5, 5.41) is 7.08. The van der Waals surface area contributed by atoms with Crippen LogP contribution in [0.25, 0.3) is 0 Å². The summed E-state index contributed by atoms with van der Waals surface area (Å²) < 4.78 is 0. The summed E-state index contributed by atoms with van der Waals surface area (Å²) >= 11 is 5.84. The van der Waals surface area contributed by atoms with Crippen molar-refractivity contribution in [3.63, 3.8) is 0 Å². The molecular weight excluding hydrogens is 260 g/mol. The number of hydrogen-bond donors (Lipinski definition) is 2. The molecule has 1 aromatic rings. The highest BCUT2D eigenvalue weighted by Crippen LogP contribution is 2.25. The Bertz CT molecular complexity index is 424. The van der Waals surface area contributed by atoms with E-state index >= 15 is 0 Å². The lowest BCUT2D eigenvalue weighted by Crippen LogP contribution is -2.49. The molecule has 4 heteroatoms. The van der Waals surface area contributed by atoms with E-state index in [1.54, 1.807) is 0 Å². The van der Waals surface area contributed by atoms with Crippen LogP contribution in [0.4, 0.5) is 0 Å². The van der Waals surface area contributed by atoms with Crippen molar-refractivity contribution in [2.24, 2.45) is 5.41 Å². The number of halogens is 1. The van der Waals surface area contributed by atoms with Gasteiger partial charge in [0.25, 0.3) is 0 Å². The zero-order chi connectivity index (χ0) is 13.7. The average molecular weight is 281 g/mol. The largest absolute Gasteiger partial charge is 0.355 e. The normalized spacial score (nSPS) is 23.1. The summed E-state index contributed by atoms with van der Waals surface area (Å²) in [6.45, 7) is 4.51. The zero-order valence-electron chi connectivity index (χ0n) is 11.3. The van der Waals surface area contributed by atoms with Crippen molar-refractivity contribution in [1.29, 1.82) is 0 Å². The van der Waals surface area contributed by atoms with Crippen molar-refractivity contribution in [2.75, 3.05) is 19.6 Å². The van der Waals surface area contributed by atoms with Crippen molar-refractivity contribution in [3.05, 3.63) is 34.9 Å². The van der Waals surface area contributed by atoms with Crippen LogP contribution >= 0.6 is 11.6 Å². The van der Waals surface area contributed by atoms with Crippen LogP contribution in [0.15, 0.2) is 24.3 Å². The quantitative estimate of drug-likeness (QED) is 0.889. The van der Waals surface area contributed by atoms with Gasteiger partial charge in [-0.15, -0.1) is 0 Å². The van der Waals surface area contributed by atoms with E-state index in [1.165, 1.54) is 5.56 Å². The Morgan fingerprint density at radius 3 is 2.79 bits per heavy atom. The van der Waals surface area contributed by atoms with Crippen LogP contribution in [-0.4, -0.2) is 25.5 Å². The maximum absolute atomic E-state index is 12.2. The molecule has 1 aromatic carbocycles. The standard InChI is InChI=1S/C15H21ClN2O/c1-15(8-2-9-17-11-15)14(19)18-10-7-12-3-5-13(16)6-4-12/h3-6,17H,2,7-11H2,1H3,(H,18,19). The highest BCUT2D eigenvalue weighted by Gasteiger charge is 2.34. The van der Waals surface area contributed by atoms with Gasteiger partial charge in [0, 0.05) is 18.1 Å². The van der Waals surface area contributed by atoms with Gasteiger partial charge in [-0.25, -0.2) is 0 Å². The van der Waals surface area contributed by atoms with Gasteiger partial charge >= 0.3 is 0 Å². The molecule has 0 saturated carbocycles. The van der Waals surface area contributed by atoms with Gasteiger partial charge in [0.1, 0.15) is 0 Å². The maximum Gasteiger partial charge on any atom is 0.227 e. The van der Waals surface area contributed by atoms with E-state index < -0.39 is 0 Å². The minimum Gasteiger partial charge on any atom is -0.355 e. The highest BCUT2D eigenvalue weighted by atomic mass is 35.5. The molecule has 1 aliphatic rings. The van der Waals surface area contributed by atoms with Crippen LogP contribution < -0.4 is 10.6 Å². The minimum atomic E-state index is -0.252. The highest BCUT2D eigenvalue weighted by molar-refractivity contribution is 6.30. The molecule has 104 valence electrons. The molecule has 19 heavy (non-hydrogen) atoms. The van der Waals surface area contributed by atoms with Crippen molar-refractivity contribution >= 4 is 17.5 Å². The fourth-order valence-corrected chi connectivity index (χ4v) is 2.56. The molecule has 2 rings (SSSR count). The van der Waals surface area contributed by atoms with Gasteiger partial charge in [-0.2, -0.15) is 0 Å². The first-order valence-electron chi connectivity index (χ1n) is 6.84. The molecule has 0 bridgehead atoms. The number of amides is 1. The summed E-state index contributed by atoms with van der Waals surface area (Å²) in [5.74, 6) is 0.161. The van der Waals surface area contributed by atoms with Crippen LogP contribution in [0, 0.1) is 5.41 Å². The first-order chi connectivity index (χ1) is 9.10. The smallest absolute Gasteiger partial charge is 0.227 e. The van der Waals surface area contributed by atoms with Crippen molar-refractivity contribution < 1.29 is 4.79 Å². The minimum absolute atomic E-state index is 0.161. The number of hydrogen-bond acceptors (Lipinski definition) is 2. The molecule has 1 amide bonds. The van der Waals surface area contributed by atoms with Gasteiger partial charge in [0.05, 0.1) is 5.41 Å². The Hall–Kier alpha value is -1.06. The molecule has 2 N–H and O–H groups in total. The third-order valence-corrected chi connectivity index (χ3v) is 4.01. The van der Waals surface area contributed by atoms with Crippen LogP contribution in [0.2, 0.25) is 5.02 Å². The fraction of sp³-hybridized carbons (Fsp3) is 0.533. The second kappa shape index (κ2) is 6.40.